The molecule has 0 saturated carbocycles. The Labute approximate surface area is 173 Å². The molecule has 0 atom stereocenters. The molecule has 0 bridgehead atoms. The highest BCUT2D eigenvalue weighted by molar-refractivity contribution is 7.92. The number of hydrogen-bond acceptors (Lipinski definition) is 4. The van der Waals surface area contributed by atoms with Crippen molar-refractivity contribution in [2.75, 3.05) is 37.2 Å². The van der Waals surface area contributed by atoms with Crippen LogP contribution in [-0.2, 0) is 16.6 Å². The summed E-state index contributed by atoms with van der Waals surface area (Å²) in [4.78, 5) is 17.3. The summed E-state index contributed by atoms with van der Waals surface area (Å²) in [5.74, 6) is -0.0567. The number of anilines is 1. The highest BCUT2D eigenvalue weighted by Gasteiger charge is 2.21. The third-order valence-electron chi connectivity index (χ3n) is 5.18. The lowest BCUT2D eigenvalue weighted by molar-refractivity contribution is 0.0761. The van der Waals surface area contributed by atoms with Crippen LogP contribution in [0.4, 0.5) is 5.69 Å². The van der Waals surface area contributed by atoms with Gasteiger partial charge in [-0.15, -0.1) is 0 Å². The molecule has 29 heavy (non-hydrogen) atoms. The summed E-state index contributed by atoms with van der Waals surface area (Å²) in [7, 11) is -3.39. The second-order valence-electron chi connectivity index (χ2n) is 7.81. The van der Waals surface area contributed by atoms with Crippen molar-refractivity contribution >= 4 is 21.6 Å². The Hall–Kier alpha value is -2.38. The molecular weight excluding hydrogens is 386 g/mol. The van der Waals surface area contributed by atoms with Gasteiger partial charge in [-0.3, -0.25) is 14.4 Å². The molecule has 2 aromatic carbocycles. The zero-order chi connectivity index (χ0) is 21.0. The van der Waals surface area contributed by atoms with Crippen LogP contribution in [0.3, 0.4) is 0 Å². The number of carbonyl (C=O) groups is 1. The molecule has 7 heteroatoms. The number of rotatable bonds is 5. The predicted octanol–water partition coefficient (Wildman–Crippen LogP) is 3.02. The number of carbonyl (C=O) groups excluding carboxylic acids is 1. The molecule has 1 heterocycles. The minimum absolute atomic E-state index is 0.0567. The van der Waals surface area contributed by atoms with Gasteiger partial charge in [-0.05, 0) is 43.5 Å². The molecule has 0 spiro atoms. The molecule has 3 rings (SSSR count). The number of nitrogens with zero attached hydrogens (tertiary/aromatic N) is 2. The molecule has 2 aromatic rings. The molecule has 6 nitrogen and oxygen atoms in total. The van der Waals surface area contributed by atoms with Crippen molar-refractivity contribution in [3.63, 3.8) is 0 Å². The Morgan fingerprint density at radius 2 is 1.72 bits per heavy atom. The van der Waals surface area contributed by atoms with Crippen LogP contribution in [0.5, 0.6) is 0 Å². The lowest BCUT2D eigenvalue weighted by Gasteiger charge is -2.22. The molecule has 0 aromatic heterocycles. The lowest BCUT2D eigenvalue weighted by Crippen LogP contribution is -2.35. The fourth-order valence-electron chi connectivity index (χ4n) is 3.53. The summed E-state index contributed by atoms with van der Waals surface area (Å²) in [6, 6.07) is 13.7. The fraction of sp³-hybridized carbons (Fsp3) is 0.409. The molecule has 1 aliphatic rings. The maximum absolute atomic E-state index is 13.0. The van der Waals surface area contributed by atoms with Gasteiger partial charge in [0.1, 0.15) is 0 Å². The van der Waals surface area contributed by atoms with Gasteiger partial charge >= 0.3 is 0 Å². The topological polar surface area (TPSA) is 69.7 Å². The van der Waals surface area contributed by atoms with Crippen molar-refractivity contribution in [1.82, 2.24) is 9.80 Å². The molecule has 1 N–H and O–H groups in total. The smallest absolute Gasteiger partial charge is 0.253 e. The van der Waals surface area contributed by atoms with Gasteiger partial charge in [-0.2, -0.15) is 0 Å². The quantitative estimate of drug-likeness (QED) is 0.815. The van der Waals surface area contributed by atoms with E-state index >= 15 is 0 Å². The van der Waals surface area contributed by atoms with Crippen molar-refractivity contribution in [1.29, 1.82) is 0 Å². The third-order valence-corrected chi connectivity index (χ3v) is 5.77. The standard InChI is InChI=1S/C22H29N3O3S/c1-17-5-8-19(9-6-17)16-24-11-4-12-25(14-13-24)22(26)20-10-7-18(2)21(15-20)23-29(3,27)28/h5-10,15,23H,4,11-14,16H2,1-3H3. The van der Waals surface area contributed by atoms with Gasteiger partial charge in [0, 0.05) is 38.3 Å². The highest BCUT2D eigenvalue weighted by Crippen LogP contribution is 2.20. The zero-order valence-corrected chi connectivity index (χ0v) is 18.1. The summed E-state index contributed by atoms with van der Waals surface area (Å²) in [6.45, 7) is 7.92. The van der Waals surface area contributed by atoms with E-state index in [2.05, 4.69) is 40.8 Å². The minimum atomic E-state index is -3.39. The third kappa shape index (κ3) is 6.05. The molecule has 1 amide bonds. The number of hydrogen-bond donors (Lipinski definition) is 1. The van der Waals surface area contributed by atoms with E-state index in [0.29, 0.717) is 24.3 Å². The number of aryl methyl sites for hydroxylation is 2. The minimum Gasteiger partial charge on any atom is -0.337 e. The van der Waals surface area contributed by atoms with Crippen LogP contribution in [0.15, 0.2) is 42.5 Å². The van der Waals surface area contributed by atoms with Crippen LogP contribution < -0.4 is 4.72 Å². The number of sulfonamides is 1. The second kappa shape index (κ2) is 8.97. The van der Waals surface area contributed by atoms with Crippen molar-refractivity contribution in [3.8, 4) is 0 Å². The Bertz CT molecular complexity index is 971. The van der Waals surface area contributed by atoms with E-state index in [1.54, 1.807) is 18.2 Å². The fourth-order valence-corrected chi connectivity index (χ4v) is 4.15. The first-order chi connectivity index (χ1) is 13.7. The Morgan fingerprint density at radius 3 is 2.41 bits per heavy atom. The normalized spacial score (nSPS) is 15.8. The van der Waals surface area contributed by atoms with Crippen molar-refractivity contribution in [2.45, 2.75) is 26.8 Å². The maximum Gasteiger partial charge on any atom is 0.253 e. The van der Waals surface area contributed by atoms with Crippen molar-refractivity contribution < 1.29 is 13.2 Å². The Balaban J connectivity index is 1.66. The largest absolute Gasteiger partial charge is 0.337 e. The first kappa shape index (κ1) is 21.3. The van der Waals surface area contributed by atoms with Gasteiger partial charge in [0.25, 0.3) is 5.91 Å². The molecule has 1 saturated heterocycles. The van der Waals surface area contributed by atoms with Gasteiger partial charge in [-0.1, -0.05) is 35.9 Å². The first-order valence-corrected chi connectivity index (χ1v) is 11.8. The van der Waals surface area contributed by atoms with Crippen LogP contribution in [0, 0.1) is 13.8 Å². The van der Waals surface area contributed by atoms with Gasteiger partial charge in [-0.25, -0.2) is 8.42 Å². The van der Waals surface area contributed by atoms with E-state index in [-0.39, 0.29) is 5.91 Å². The zero-order valence-electron chi connectivity index (χ0n) is 17.3. The van der Waals surface area contributed by atoms with Gasteiger partial charge in [0.05, 0.1) is 11.9 Å². The first-order valence-electron chi connectivity index (χ1n) is 9.87. The monoisotopic (exact) mass is 415 g/mol. The second-order valence-corrected chi connectivity index (χ2v) is 9.56. The molecule has 0 radical (unpaired) electrons. The van der Waals surface area contributed by atoms with Crippen molar-refractivity contribution in [2.24, 2.45) is 0 Å². The van der Waals surface area contributed by atoms with E-state index < -0.39 is 10.0 Å². The van der Waals surface area contributed by atoms with Crippen molar-refractivity contribution in [3.05, 3.63) is 64.7 Å². The van der Waals surface area contributed by atoms with E-state index in [0.717, 1.165) is 37.9 Å². The number of amides is 1. The summed E-state index contributed by atoms with van der Waals surface area (Å²) < 4.78 is 25.6. The van der Waals surface area contributed by atoms with Gasteiger partial charge in [0.15, 0.2) is 0 Å². The average Bonchev–Trinajstić information content (AvgIpc) is 2.89. The number of nitrogens with one attached hydrogen (secondary N) is 1. The van der Waals surface area contributed by atoms with E-state index in [4.69, 9.17) is 0 Å². The number of benzene rings is 2. The van der Waals surface area contributed by atoms with Gasteiger partial charge in [0.2, 0.25) is 10.0 Å². The van der Waals surface area contributed by atoms with Crippen LogP contribution in [0.1, 0.15) is 33.5 Å². The molecule has 1 aliphatic heterocycles. The summed E-state index contributed by atoms with van der Waals surface area (Å²) >= 11 is 0. The Kier molecular flexibility index (Phi) is 6.59. The van der Waals surface area contributed by atoms with Crippen LogP contribution >= 0.6 is 0 Å². The van der Waals surface area contributed by atoms with Crippen LogP contribution in [0.25, 0.3) is 0 Å². The average molecular weight is 416 g/mol. The summed E-state index contributed by atoms with van der Waals surface area (Å²) in [6.07, 6.45) is 2.02. The molecule has 1 fully saturated rings. The SMILES string of the molecule is Cc1ccc(CN2CCCN(C(=O)c3ccc(C)c(NS(C)(=O)=O)c3)CC2)cc1. The molecule has 0 aliphatic carbocycles. The maximum atomic E-state index is 13.0. The summed E-state index contributed by atoms with van der Waals surface area (Å²) in [5.41, 5.74) is 4.28. The molecule has 156 valence electrons. The van der Waals surface area contributed by atoms with Gasteiger partial charge < -0.3 is 4.90 Å². The van der Waals surface area contributed by atoms with Crippen LogP contribution in [-0.4, -0.2) is 56.6 Å². The predicted molar refractivity (Wildman–Crippen MR) is 117 cm³/mol. The highest BCUT2D eigenvalue weighted by atomic mass is 32.2. The van der Waals surface area contributed by atoms with E-state index in [1.807, 2.05) is 11.8 Å². The van der Waals surface area contributed by atoms with Crippen LogP contribution in [0.2, 0.25) is 0 Å². The lowest BCUT2D eigenvalue weighted by atomic mass is 10.1. The summed E-state index contributed by atoms with van der Waals surface area (Å²) in [5, 5.41) is 0. The van der Waals surface area contributed by atoms with E-state index in [1.165, 1.54) is 11.1 Å². The molecular formula is C22H29N3O3S. The van der Waals surface area contributed by atoms with E-state index in [9.17, 15) is 13.2 Å². The Morgan fingerprint density at radius 1 is 1.00 bits per heavy atom. The molecule has 0 unspecified atom stereocenters.